The fourth-order valence-electron chi connectivity index (χ4n) is 7.77. The molecule has 0 N–H and O–H groups in total. The summed E-state index contributed by atoms with van der Waals surface area (Å²) in [6.07, 6.45) is 19.7. The third kappa shape index (κ3) is 14.0. The van der Waals surface area contributed by atoms with Crippen molar-refractivity contribution in [1.82, 2.24) is 0 Å². The van der Waals surface area contributed by atoms with Crippen molar-refractivity contribution in [3.8, 4) is 5.75 Å². The molecule has 302 valence electrons. The number of benzene rings is 2. The van der Waals surface area contributed by atoms with Crippen molar-refractivity contribution in [1.29, 1.82) is 0 Å². The van der Waals surface area contributed by atoms with Gasteiger partial charge in [-0.25, -0.2) is 0 Å². The second-order valence-electron chi connectivity index (χ2n) is 14.8. The van der Waals surface area contributed by atoms with E-state index in [-0.39, 0.29) is 74.8 Å². The standard InChI is InChI=1S/C44H59ClO9Se/c1-47-44(46)40(55-35-17-4-2-5-18-35)20-7-3-6-19-36-37(39(54-43-23-10-13-28-50-43)30-38(36)53-42-22-9-12-27-49-42)25-24-34(52-41-21-8-11-26-48-41)31-51-33-16-14-15-32(45)29-33/h2-6,14-18,24-25,29,34,36-43H,7-13,19-23,26-28,30-31H2,1H3. The van der Waals surface area contributed by atoms with Gasteiger partial charge >= 0.3 is 226 Å². The zero-order valence-corrected chi connectivity index (χ0v) is 34.7. The van der Waals surface area contributed by atoms with Gasteiger partial charge in [-0.1, -0.05) is 17.7 Å². The third-order valence-corrected chi connectivity index (χ3v) is 13.5. The number of carbonyl (C=O) groups excluding carboxylic acids is 1. The Bertz CT molecular complexity index is 1460. The fraction of sp³-hybridized carbons (Fsp3) is 0.614. The van der Waals surface area contributed by atoms with Crippen LogP contribution in [0.1, 0.15) is 83.5 Å². The van der Waals surface area contributed by atoms with E-state index in [1.165, 1.54) is 11.6 Å². The van der Waals surface area contributed by atoms with Crippen molar-refractivity contribution in [2.24, 2.45) is 11.8 Å². The van der Waals surface area contributed by atoms with E-state index in [1.807, 2.05) is 42.5 Å². The Kier molecular flexibility index (Phi) is 17.9. The Morgan fingerprint density at radius 1 is 0.855 bits per heavy atom. The van der Waals surface area contributed by atoms with Crippen molar-refractivity contribution in [3.63, 3.8) is 0 Å². The van der Waals surface area contributed by atoms with Crippen LogP contribution in [0.4, 0.5) is 0 Å². The van der Waals surface area contributed by atoms with Gasteiger partial charge in [0.05, 0.1) is 0 Å². The maximum absolute atomic E-state index is 12.7. The van der Waals surface area contributed by atoms with Gasteiger partial charge in [0.15, 0.2) is 6.29 Å². The summed E-state index contributed by atoms with van der Waals surface area (Å²) in [5.41, 5.74) is 0. The van der Waals surface area contributed by atoms with E-state index in [0.29, 0.717) is 24.0 Å². The fourth-order valence-corrected chi connectivity index (χ4v) is 10.2. The number of carbonyl (C=O) groups is 1. The van der Waals surface area contributed by atoms with Crippen molar-refractivity contribution in [2.75, 3.05) is 33.5 Å². The first-order valence-corrected chi connectivity index (χ1v) is 22.6. The van der Waals surface area contributed by atoms with E-state index < -0.39 is 0 Å². The summed E-state index contributed by atoms with van der Waals surface area (Å²) in [5.74, 6) is 0.701. The van der Waals surface area contributed by atoms with Crippen LogP contribution in [0.5, 0.6) is 5.75 Å². The second-order valence-corrected chi connectivity index (χ2v) is 17.9. The average Bonchev–Trinajstić information content (AvgIpc) is 3.53. The first kappa shape index (κ1) is 42.4. The van der Waals surface area contributed by atoms with Crippen molar-refractivity contribution in [3.05, 3.63) is 83.9 Å². The van der Waals surface area contributed by atoms with Crippen LogP contribution in [0.15, 0.2) is 78.9 Å². The van der Waals surface area contributed by atoms with Gasteiger partial charge in [-0.3, -0.25) is 0 Å². The molecule has 6 rings (SSSR count). The number of hydrogen-bond donors (Lipinski definition) is 0. The quantitative estimate of drug-likeness (QED) is 0.0787. The van der Waals surface area contributed by atoms with Crippen molar-refractivity contribution >= 4 is 37.0 Å². The van der Waals surface area contributed by atoms with Crippen LogP contribution in [-0.2, 0) is 38.0 Å². The zero-order chi connectivity index (χ0) is 38.1. The van der Waals surface area contributed by atoms with Crippen LogP contribution in [0.3, 0.4) is 0 Å². The summed E-state index contributed by atoms with van der Waals surface area (Å²) in [6.45, 7) is 2.45. The molecule has 4 fully saturated rings. The van der Waals surface area contributed by atoms with E-state index in [9.17, 15) is 4.79 Å². The monoisotopic (exact) mass is 846 g/mol. The predicted octanol–water partition coefficient (Wildman–Crippen LogP) is 8.36. The number of methoxy groups -OCH3 is 1. The van der Waals surface area contributed by atoms with E-state index in [2.05, 4.69) is 36.4 Å². The van der Waals surface area contributed by atoms with Crippen LogP contribution in [0, 0.1) is 11.8 Å². The molecule has 11 heteroatoms. The van der Waals surface area contributed by atoms with Crippen LogP contribution in [0.25, 0.3) is 0 Å². The molecule has 0 bridgehead atoms. The van der Waals surface area contributed by atoms with Gasteiger partial charge in [-0.15, -0.1) is 0 Å². The normalized spacial score (nSPS) is 28.7. The zero-order valence-electron chi connectivity index (χ0n) is 32.2. The number of rotatable bonds is 19. The molecule has 1 saturated carbocycles. The Morgan fingerprint density at radius 2 is 1.55 bits per heavy atom. The molecule has 9 nitrogen and oxygen atoms in total. The minimum atomic E-state index is -0.353. The van der Waals surface area contributed by atoms with Crippen molar-refractivity contribution in [2.45, 2.75) is 125 Å². The number of esters is 1. The van der Waals surface area contributed by atoms with Crippen LogP contribution >= 0.6 is 11.6 Å². The van der Waals surface area contributed by atoms with Crippen molar-refractivity contribution < 1.29 is 42.7 Å². The molecule has 0 amide bonds. The molecule has 0 spiro atoms. The minimum absolute atomic E-state index is 0.00795. The van der Waals surface area contributed by atoms with E-state index in [0.717, 1.165) is 96.7 Å². The van der Waals surface area contributed by atoms with E-state index >= 15 is 0 Å². The topological polar surface area (TPSA) is 90.9 Å². The molecular formula is C44H59ClO9Se. The van der Waals surface area contributed by atoms with E-state index in [4.69, 9.17) is 49.5 Å². The van der Waals surface area contributed by atoms with Gasteiger partial charge in [0.1, 0.15) is 5.75 Å². The van der Waals surface area contributed by atoms with Gasteiger partial charge in [-0.2, -0.15) is 0 Å². The first-order chi connectivity index (χ1) is 27.0. The summed E-state index contributed by atoms with van der Waals surface area (Å²) >= 11 is 6.27. The van der Waals surface area contributed by atoms with Crippen LogP contribution in [0.2, 0.25) is 9.84 Å². The van der Waals surface area contributed by atoms with Gasteiger partial charge in [0.25, 0.3) is 0 Å². The Hall–Kier alpha value is -2.24. The second kappa shape index (κ2) is 23.2. The molecule has 3 aliphatic heterocycles. The Balaban J connectivity index is 1.20. The molecular weight excluding hydrogens is 787 g/mol. The average molecular weight is 846 g/mol. The van der Waals surface area contributed by atoms with Crippen LogP contribution < -0.4 is 9.20 Å². The number of allylic oxidation sites excluding steroid dienone is 2. The molecule has 3 saturated heterocycles. The number of ether oxygens (including phenoxy) is 8. The van der Waals surface area contributed by atoms with Gasteiger partial charge < -0.3 is 9.47 Å². The first-order valence-electron chi connectivity index (χ1n) is 20.4. The Morgan fingerprint density at radius 3 is 2.20 bits per heavy atom. The van der Waals surface area contributed by atoms with Crippen LogP contribution in [-0.4, -0.2) is 91.6 Å². The molecule has 2 aromatic carbocycles. The molecule has 3 heterocycles. The molecule has 4 aliphatic rings. The Labute approximate surface area is 338 Å². The molecule has 0 aromatic heterocycles. The molecule has 0 radical (unpaired) electrons. The molecule has 1 aliphatic carbocycles. The summed E-state index contributed by atoms with van der Waals surface area (Å²) in [4.78, 5) is 12.6. The molecule has 9 unspecified atom stereocenters. The molecule has 9 atom stereocenters. The van der Waals surface area contributed by atoms with Gasteiger partial charge in [0, 0.05) is 18.2 Å². The van der Waals surface area contributed by atoms with Gasteiger partial charge in [0.2, 0.25) is 0 Å². The maximum atomic E-state index is 12.7. The summed E-state index contributed by atoms with van der Waals surface area (Å²) in [6, 6.07) is 17.7. The van der Waals surface area contributed by atoms with E-state index in [1.54, 1.807) is 0 Å². The summed E-state index contributed by atoms with van der Waals surface area (Å²) < 4.78 is 51.0. The SMILES string of the molecule is COC(=O)C(CCC=CCC1C(OC2CCCCO2)CC(OC2CCCCO2)C1C=CC(COc1cccc(Cl)c1)OC1CCCCO1)[Se]c1ccccc1. The predicted molar refractivity (Wildman–Crippen MR) is 214 cm³/mol. The summed E-state index contributed by atoms with van der Waals surface area (Å²) in [7, 11) is 1.48. The number of halogens is 1. The third-order valence-electron chi connectivity index (χ3n) is 10.7. The molecule has 55 heavy (non-hydrogen) atoms. The molecule has 2 aromatic rings. The number of hydrogen-bond acceptors (Lipinski definition) is 9. The summed E-state index contributed by atoms with van der Waals surface area (Å²) in [5, 5.41) is 0.624. The van der Waals surface area contributed by atoms with Gasteiger partial charge in [-0.05, 0) is 56.7 Å².